The maximum absolute atomic E-state index is 6.25. The lowest BCUT2D eigenvalue weighted by atomic mass is 10.1. The summed E-state index contributed by atoms with van der Waals surface area (Å²) in [6.07, 6.45) is 1.79. The van der Waals surface area contributed by atoms with Crippen molar-refractivity contribution in [2.75, 3.05) is 10.6 Å². The number of nitrogens with two attached hydrogens (primary N) is 1. The zero-order valence-electron chi connectivity index (χ0n) is 16.5. The van der Waals surface area contributed by atoms with E-state index in [1.54, 1.807) is 0 Å². The Balaban J connectivity index is 1.30. The molecule has 152 valence electrons. The maximum atomic E-state index is 6.25. The number of hydrogen-bond donors (Lipinski definition) is 4. The molecule has 1 aromatic carbocycles. The van der Waals surface area contributed by atoms with Crippen LogP contribution in [0.1, 0.15) is 42.1 Å². The molecule has 4 aromatic rings. The smallest absolute Gasteiger partial charge is 0.226 e. The lowest BCUT2D eigenvalue weighted by Gasteiger charge is -2.12. The summed E-state index contributed by atoms with van der Waals surface area (Å²) in [6.45, 7) is 1.89. The standard InChI is InChI=1S/C21H22N8O/c1-12-9-18(24-19-11-15(27-28-19)14-7-8-14)25-21(23-12)26-20(22)17-10-16(29-30-17)13-5-3-2-4-6-13/h2-6,9-11,14,20H,7-8,22H2,1H3,(H3,23,24,25,26,27,28). The van der Waals surface area contributed by atoms with Crippen molar-refractivity contribution in [3.63, 3.8) is 0 Å². The summed E-state index contributed by atoms with van der Waals surface area (Å²) in [5, 5.41) is 17.8. The third kappa shape index (κ3) is 4.01. The molecule has 9 nitrogen and oxygen atoms in total. The number of aryl methyl sites for hydroxylation is 1. The predicted molar refractivity (Wildman–Crippen MR) is 113 cm³/mol. The molecular formula is C21H22N8O. The molecule has 9 heteroatoms. The van der Waals surface area contributed by atoms with Crippen LogP contribution < -0.4 is 16.4 Å². The van der Waals surface area contributed by atoms with E-state index in [1.165, 1.54) is 12.8 Å². The molecule has 1 aliphatic rings. The van der Waals surface area contributed by atoms with E-state index in [0.29, 0.717) is 23.4 Å². The Bertz CT molecular complexity index is 1150. The second-order valence-electron chi connectivity index (χ2n) is 7.43. The molecule has 3 aromatic heterocycles. The molecule has 30 heavy (non-hydrogen) atoms. The summed E-state index contributed by atoms with van der Waals surface area (Å²) in [4.78, 5) is 8.92. The molecule has 1 saturated carbocycles. The van der Waals surface area contributed by atoms with Gasteiger partial charge in [-0.15, -0.1) is 0 Å². The molecule has 0 saturated heterocycles. The van der Waals surface area contributed by atoms with Crippen molar-refractivity contribution in [1.82, 2.24) is 25.3 Å². The monoisotopic (exact) mass is 402 g/mol. The lowest BCUT2D eigenvalue weighted by Crippen LogP contribution is -2.21. The van der Waals surface area contributed by atoms with Gasteiger partial charge in [0.25, 0.3) is 0 Å². The minimum Gasteiger partial charge on any atom is -0.357 e. The first kappa shape index (κ1) is 18.3. The summed E-state index contributed by atoms with van der Waals surface area (Å²) < 4.78 is 5.42. The van der Waals surface area contributed by atoms with Crippen LogP contribution in [0.3, 0.4) is 0 Å². The number of rotatable bonds is 7. The van der Waals surface area contributed by atoms with Crippen LogP contribution in [0.5, 0.6) is 0 Å². The first-order valence-corrected chi connectivity index (χ1v) is 9.86. The molecule has 3 heterocycles. The van der Waals surface area contributed by atoms with Gasteiger partial charge in [0.05, 0.1) is 0 Å². The van der Waals surface area contributed by atoms with Crippen LogP contribution in [0.2, 0.25) is 0 Å². The van der Waals surface area contributed by atoms with Gasteiger partial charge in [-0.2, -0.15) is 10.1 Å². The molecule has 1 aliphatic carbocycles. The summed E-state index contributed by atoms with van der Waals surface area (Å²) in [6, 6.07) is 15.5. The summed E-state index contributed by atoms with van der Waals surface area (Å²) >= 11 is 0. The van der Waals surface area contributed by atoms with Gasteiger partial charge in [-0.25, -0.2) is 4.98 Å². The van der Waals surface area contributed by atoms with E-state index < -0.39 is 6.17 Å². The Labute approximate surface area is 173 Å². The van der Waals surface area contributed by atoms with Gasteiger partial charge in [-0.3, -0.25) is 5.10 Å². The summed E-state index contributed by atoms with van der Waals surface area (Å²) in [5.74, 6) is 2.86. The van der Waals surface area contributed by atoms with Gasteiger partial charge in [0.1, 0.15) is 17.7 Å². The lowest BCUT2D eigenvalue weighted by molar-refractivity contribution is 0.371. The molecule has 0 bridgehead atoms. The van der Waals surface area contributed by atoms with Crippen LogP contribution >= 0.6 is 0 Å². The minimum absolute atomic E-state index is 0.389. The fourth-order valence-electron chi connectivity index (χ4n) is 3.22. The highest BCUT2D eigenvalue weighted by Crippen LogP contribution is 2.39. The van der Waals surface area contributed by atoms with E-state index in [0.717, 1.165) is 28.5 Å². The number of H-pyrrole nitrogens is 1. The van der Waals surface area contributed by atoms with E-state index in [9.17, 15) is 0 Å². The number of hydrogen-bond acceptors (Lipinski definition) is 8. The van der Waals surface area contributed by atoms with Gasteiger partial charge in [-0.1, -0.05) is 35.5 Å². The van der Waals surface area contributed by atoms with Gasteiger partial charge in [0, 0.05) is 41.1 Å². The number of aromatic nitrogens is 5. The molecule has 1 fully saturated rings. The minimum atomic E-state index is -0.642. The van der Waals surface area contributed by atoms with Crippen LogP contribution in [0.4, 0.5) is 17.6 Å². The van der Waals surface area contributed by atoms with Crippen LogP contribution in [0, 0.1) is 6.92 Å². The number of benzene rings is 1. The van der Waals surface area contributed by atoms with Crippen molar-refractivity contribution in [3.8, 4) is 11.3 Å². The Morgan fingerprint density at radius 2 is 1.93 bits per heavy atom. The van der Waals surface area contributed by atoms with Gasteiger partial charge >= 0.3 is 0 Å². The molecule has 0 spiro atoms. The predicted octanol–water partition coefficient (Wildman–Crippen LogP) is 3.85. The maximum Gasteiger partial charge on any atom is 0.226 e. The van der Waals surface area contributed by atoms with Crippen molar-refractivity contribution in [2.24, 2.45) is 5.73 Å². The molecule has 0 amide bonds. The molecule has 0 aliphatic heterocycles. The Morgan fingerprint density at radius 3 is 2.73 bits per heavy atom. The Morgan fingerprint density at radius 1 is 1.10 bits per heavy atom. The fraction of sp³-hybridized carbons (Fsp3) is 0.238. The van der Waals surface area contributed by atoms with E-state index >= 15 is 0 Å². The molecule has 5 N–H and O–H groups in total. The van der Waals surface area contributed by atoms with Gasteiger partial charge in [-0.05, 0) is 19.8 Å². The zero-order chi connectivity index (χ0) is 20.5. The SMILES string of the molecule is Cc1cc(Nc2cc(C3CC3)[nH]n2)nc(NC(N)c2cc(-c3ccccc3)no2)n1. The van der Waals surface area contributed by atoms with Crippen LogP contribution in [0.25, 0.3) is 11.3 Å². The second-order valence-corrected chi connectivity index (χ2v) is 7.43. The molecule has 1 unspecified atom stereocenters. The normalized spacial score (nSPS) is 14.5. The average Bonchev–Trinajstić information content (AvgIpc) is 3.28. The highest BCUT2D eigenvalue weighted by molar-refractivity contribution is 5.59. The number of nitrogens with zero attached hydrogens (tertiary/aromatic N) is 4. The largest absolute Gasteiger partial charge is 0.357 e. The third-order valence-corrected chi connectivity index (χ3v) is 4.91. The molecular weight excluding hydrogens is 380 g/mol. The number of anilines is 3. The Kier molecular flexibility index (Phi) is 4.64. The average molecular weight is 402 g/mol. The summed E-state index contributed by atoms with van der Waals surface area (Å²) in [7, 11) is 0. The quantitative estimate of drug-likeness (QED) is 0.343. The Hall–Kier alpha value is -3.72. The summed E-state index contributed by atoms with van der Waals surface area (Å²) in [5.41, 5.74) is 9.89. The first-order chi connectivity index (χ1) is 14.6. The van der Waals surface area contributed by atoms with Crippen molar-refractivity contribution in [3.05, 3.63) is 65.7 Å². The topological polar surface area (TPSA) is 131 Å². The van der Waals surface area contributed by atoms with Crippen LogP contribution in [-0.4, -0.2) is 25.3 Å². The van der Waals surface area contributed by atoms with E-state index in [1.807, 2.05) is 55.5 Å². The number of nitrogens with one attached hydrogen (secondary N) is 3. The second kappa shape index (κ2) is 7.60. The highest BCUT2D eigenvalue weighted by Gasteiger charge is 2.25. The van der Waals surface area contributed by atoms with Crippen LogP contribution in [0.15, 0.2) is 53.1 Å². The zero-order valence-corrected chi connectivity index (χ0v) is 16.5. The van der Waals surface area contributed by atoms with Crippen molar-refractivity contribution < 1.29 is 4.52 Å². The van der Waals surface area contributed by atoms with Crippen molar-refractivity contribution in [1.29, 1.82) is 0 Å². The molecule has 5 rings (SSSR count). The van der Waals surface area contributed by atoms with Gasteiger partial charge in [0.15, 0.2) is 11.6 Å². The van der Waals surface area contributed by atoms with Crippen LogP contribution in [-0.2, 0) is 0 Å². The van der Waals surface area contributed by atoms with Crippen molar-refractivity contribution in [2.45, 2.75) is 31.8 Å². The van der Waals surface area contributed by atoms with E-state index in [-0.39, 0.29) is 0 Å². The first-order valence-electron chi connectivity index (χ1n) is 9.86. The molecule has 0 radical (unpaired) electrons. The van der Waals surface area contributed by atoms with E-state index in [2.05, 4.69) is 36.0 Å². The van der Waals surface area contributed by atoms with Crippen molar-refractivity contribution >= 4 is 17.6 Å². The molecule has 1 atom stereocenters. The number of aromatic amines is 1. The highest BCUT2D eigenvalue weighted by atomic mass is 16.5. The fourth-order valence-corrected chi connectivity index (χ4v) is 3.22. The third-order valence-electron chi connectivity index (χ3n) is 4.91. The van der Waals surface area contributed by atoms with Gasteiger partial charge < -0.3 is 20.9 Å². The van der Waals surface area contributed by atoms with Gasteiger partial charge in [0.2, 0.25) is 5.95 Å². The van der Waals surface area contributed by atoms with E-state index in [4.69, 9.17) is 10.3 Å².